The van der Waals surface area contributed by atoms with Gasteiger partial charge in [0.1, 0.15) is 0 Å². The van der Waals surface area contributed by atoms with Crippen molar-refractivity contribution in [1.29, 1.82) is 0 Å². The molecule has 0 fully saturated rings. The molecule has 2 nitrogen and oxygen atoms in total. The molecule has 0 amide bonds. The lowest BCUT2D eigenvalue weighted by molar-refractivity contribution is -0.137. The maximum atomic E-state index is 12.7. The van der Waals surface area contributed by atoms with Crippen molar-refractivity contribution in [2.24, 2.45) is 0 Å². The standard InChI is InChI=1S/C19H23F3N2/c1-4-15-6-5-7-17(12-15)14-24(23(2)3)13-16-8-10-18(11-9-16)19(20,21)22/h5-12H,4,13-14H2,1-3H3. The van der Waals surface area contributed by atoms with Crippen molar-refractivity contribution in [3.05, 3.63) is 70.8 Å². The molecule has 0 spiro atoms. The number of nitrogens with zero attached hydrogens (tertiary/aromatic N) is 2. The molecular weight excluding hydrogens is 313 g/mol. The van der Waals surface area contributed by atoms with Crippen LogP contribution in [0.15, 0.2) is 48.5 Å². The van der Waals surface area contributed by atoms with E-state index in [2.05, 4.69) is 30.1 Å². The molecule has 2 aromatic carbocycles. The van der Waals surface area contributed by atoms with Gasteiger partial charge < -0.3 is 0 Å². The topological polar surface area (TPSA) is 6.48 Å². The van der Waals surface area contributed by atoms with Gasteiger partial charge in [-0.25, -0.2) is 10.0 Å². The van der Waals surface area contributed by atoms with Crippen LogP contribution in [0, 0.1) is 0 Å². The van der Waals surface area contributed by atoms with Crippen LogP contribution in [0.4, 0.5) is 13.2 Å². The summed E-state index contributed by atoms with van der Waals surface area (Å²) in [5, 5.41) is 4.06. The summed E-state index contributed by atoms with van der Waals surface area (Å²) >= 11 is 0. The Morgan fingerprint density at radius 1 is 0.833 bits per heavy atom. The Bertz CT molecular complexity index is 648. The fraction of sp³-hybridized carbons (Fsp3) is 0.368. The maximum absolute atomic E-state index is 12.7. The summed E-state index contributed by atoms with van der Waals surface area (Å²) in [5.74, 6) is 0. The highest BCUT2D eigenvalue weighted by molar-refractivity contribution is 5.25. The Morgan fingerprint density at radius 2 is 1.42 bits per heavy atom. The van der Waals surface area contributed by atoms with Gasteiger partial charge in [-0.3, -0.25) is 0 Å². The molecule has 0 saturated heterocycles. The average molecular weight is 336 g/mol. The minimum atomic E-state index is -4.29. The van der Waals surface area contributed by atoms with Crippen molar-refractivity contribution in [2.45, 2.75) is 32.6 Å². The first kappa shape index (κ1) is 18.5. The second kappa shape index (κ2) is 7.81. The highest BCUT2D eigenvalue weighted by atomic mass is 19.4. The second-order valence-electron chi connectivity index (χ2n) is 6.04. The zero-order chi connectivity index (χ0) is 17.7. The van der Waals surface area contributed by atoms with Crippen molar-refractivity contribution < 1.29 is 13.2 Å². The smallest absolute Gasteiger partial charge is 0.247 e. The van der Waals surface area contributed by atoms with Gasteiger partial charge in [0, 0.05) is 27.2 Å². The van der Waals surface area contributed by atoms with Gasteiger partial charge in [-0.05, 0) is 35.2 Å². The van der Waals surface area contributed by atoms with E-state index in [-0.39, 0.29) is 0 Å². The summed E-state index contributed by atoms with van der Waals surface area (Å²) in [6, 6.07) is 13.7. The average Bonchev–Trinajstić information content (AvgIpc) is 2.54. The normalized spacial score (nSPS) is 12.2. The fourth-order valence-electron chi connectivity index (χ4n) is 2.51. The number of hydrogen-bond acceptors (Lipinski definition) is 2. The van der Waals surface area contributed by atoms with Crippen LogP contribution >= 0.6 is 0 Å². The third-order valence-electron chi connectivity index (χ3n) is 3.98. The lowest BCUT2D eigenvalue weighted by atomic mass is 10.1. The minimum absolute atomic E-state index is 0.557. The van der Waals surface area contributed by atoms with Crippen molar-refractivity contribution in [1.82, 2.24) is 10.0 Å². The van der Waals surface area contributed by atoms with Crippen molar-refractivity contribution in [3.63, 3.8) is 0 Å². The number of halogens is 3. The van der Waals surface area contributed by atoms with Crippen molar-refractivity contribution in [2.75, 3.05) is 14.1 Å². The zero-order valence-electron chi connectivity index (χ0n) is 14.3. The molecule has 2 rings (SSSR count). The highest BCUT2D eigenvalue weighted by Gasteiger charge is 2.30. The first-order valence-electron chi connectivity index (χ1n) is 7.95. The molecular formula is C19H23F3N2. The van der Waals surface area contributed by atoms with Crippen molar-refractivity contribution >= 4 is 0 Å². The second-order valence-corrected chi connectivity index (χ2v) is 6.04. The molecule has 24 heavy (non-hydrogen) atoms. The predicted molar refractivity (Wildman–Crippen MR) is 90.2 cm³/mol. The van der Waals surface area contributed by atoms with Gasteiger partial charge in [-0.2, -0.15) is 13.2 Å². The molecule has 0 bridgehead atoms. The molecule has 0 N–H and O–H groups in total. The monoisotopic (exact) mass is 336 g/mol. The van der Waals surface area contributed by atoms with E-state index in [1.807, 2.05) is 25.2 Å². The quantitative estimate of drug-likeness (QED) is 0.703. The molecule has 5 heteroatoms. The Morgan fingerprint density at radius 3 is 1.96 bits per heavy atom. The summed E-state index contributed by atoms with van der Waals surface area (Å²) in [6.07, 6.45) is -3.31. The zero-order valence-corrected chi connectivity index (χ0v) is 14.3. The summed E-state index contributed by atoms with van der Waals surface area (Å²) < 4.78 is 38.0. The number of hydrogen-bond donors (Lipinski definition) is 0. The highest BCUT2D eigenvalue weighted by Crippen LogP contribution is 2.29. The van der Waals surface area contributed by atoms with Crippen LogP contribution in [0.1, 0.15) is 29.2 Å². The van der Waals surface area contributed by atoms with E-state index >= 15 is 0 Å². The van der Waals surface area contributed by atoms with Crippen LogP contribution in [-0.2, 0) is 25.7 Å². The van der Waals surface area contributed by atoms with E-state index in [4.69, 9.17) is 0 Å². The Hall–Kier alpha value is -1.85. The maximum Gasteiger partial charge on any atom is 0.416 e. The molecule has 0 atom stereocenters. The van der Waals surface area contributed by atoms with E-state index in [0.717, 1.165) is 24.1 Å². The van der Waals surface area contributed by atoms with E-state index in [0.29, 0.717) is 13.1 Å². The first-order valence-corrected chi connectivity index (χ1v) is 7.95. The van der Waals surface area contributed by atoms with Gasteiger partial charge in [-0.1, -0.05) is 43.3 Å². The lowest BCUT2D eigenvalue weighted by Crippen LogP contribution is -2.35. The van der Waals surface area contributed by atoms with Gasteiger partial charge in [0.05, 0.1) is 5.56 Å². The van der Waals surface area contributed by atoms with Crippen LogP contribution < -0.4 is 0 Å². The largest absolute Gasteiger partial charge is 0.416 e. The third-order valence-corrected chi connectivity index (χ3v) is 3.98. The fourth-order valence-corrected chi connectivity index (χ4v) is 2.51. The summed E-state index contributed by atoms with van der Waals surface area (Å²) in [6.45, 7) is 3.38. The molecule has 2 aromatic rings. The molecule has 130 valence electrons. The Balaban J connectivity index is 2.11. The van der Waals surface area contributed by atoms with E-state index in [9.17, 15) is 13.2 Å². The van der Waals surface area contributed by atoms with Crippen LogP contribution in [0.5, 0.6) is 0 Å². The van der Waals surface area contributed by atoms with Gasteiger partial charge in [0.15, 0.2) is 0 Å². The molecule has 0 heterocycles. The number of hydrazine groups is 1. The van der Waals surface area contributed by atoms with Crippen LogP contribution in [0.3, 0.4) is 0 Å². The predicted octanol–water partition coefficient (Wildman–Crippen LogP) is 4.75. The molecule has 0 aliphatic rings. The van der Waals surface area contributed by atoms with Crippen LogP contribution in [0.2, 0.25) is 0 Å². The van der Waals surface area contributed by atoms with Gasteiger partial charge in [-0.15, -0.1) is 0 Å². The molecule has 0 saturated carbocycles. The number of alkyl halides is 3. The molecule has 0 aliphatic carbocycles. The molecule has 0 aliphatic heterocycles. The number of benzene rings is 2. The van der Waals surface area contributed by atoms with Crippen LogP contribution in [0.25, 0.3) is 0 Å². The summed E-state index contributed by atoms with van der Waals surface area (Å²) in [4.78, 5) is 0. The van der Waals surface area contributed by atoms with Gasteiger partial charge >= 0.3 is 6.18 Å². The summed E-state index contributed by atoms with van der Waals surface area (Å²) in [5.41, 5.74) is 2.71. The van der Waals surface area contributed by atoms with E-state index in [1.165, 1.54) is 11.1 Å². The van der Waals surface area contributed by atoms with E-state index in [1.54, 1.807) is 12.1 Å². The minimum Gasteiger partial charge on any atom is -0.247 e. The number of rotatable bonds is 6. The van der Waals surface area contributed by atoms with Gasteiger partial charge in [0.25, 0.3) is 0 Å². The first-order chi connectivity index (χ1) is 11.3. The molecule has 0 aromatic heterocycles. The third kappa shape index (κ3) is 5.08. The Kier molecular flexibility index (Phi) is 6.02. The van der Waals surface area contributed by atoms with Crippen LogP contribution in [-0.4, -0.2) is 24.1 Å². The van der Waals surface area contributed by atoms with E-state index < -0.39 is 11.7 Å². The van der Waals surface area contributed by atoms with Gasteiger partial charge in [0.2, 0.25) is 0 Å². The molecule has 0 radical (unpaired) electrons. The Labute approximate surface area is 141 Å². The SMILES string of the molecule is CCc1cccc(CN(Cc2ccc(C(F)(F)F)cc2)N(C)C)c1. The van der Waals surface area contributed by atoms with Crippen molar-refractivity contribution in [3.8, 4) is 0 Å². The molecule has 0 unspecified atom stereocenters. The summed E-state index contributed by atoms with van der Waals surface area (Å²) in [7, 11) is 3.88. The lowest BCUT2D eigenvalue weighted by Gasteiger charge is -2.29. The number of aryl methyl sites for hydroxylation is 1.